The van der Waals surface area contributed by atoms with E-state index in [1.54, 1.807) is 6.92 Å². The van der Waals surface area contributed by atoms with Crippen molar-refractivity contribution in [2.24, 2.45) is 0 Å². The molecule has 0 aromatic heterocycles. The van der Waals surface area contributed by atoms with Crippen molar-refractivity contribution < 1.29 is 34.7 Å². The Labute approximate surface area is 137 Å². The summed E-state index contributed by atoms with van der Waals surface area (Å²) in [6.07, 6.45) is -0.998. The highest BCUT2D eigenvalue weighted by molar-refractivity contribution is 6.03. The van der Waals surface area contributed by atoms with Gasteiger partial charge in [0.05, 0.1) is 13.0 Å². The molecule has 126 valence electrons. The first-order valence-corrected chi connectivity index (χ1v) is 7.36. The van der Waals surface area contributed by atoms with E-state index in [2.05, 4.69) is 0 Å². The molecule has 24 heavy (non-hydrogen) atoms. The van der Waals surface area contributed by atoms with Crippen LogP contribution in [0.15, 0.2) is 24.3 Å². The molecule has 4 N–H and O–H groups in total. The Bertz CT molecular complexity index is 813. The van der Waals surface area contributed by atoms with E-state index in [1.807, 2.05) is 0 Å². The van der Waals surface area contributed by atoms with Crippen molar-refractivity contribution in [1.29, 1.82) is 0 Å². The number of Topliss-reactive ketones (excluding diaryl/α,β-unsaturated/α-hetero) is 1. The van der Waals surface area contributed by atoms with Crippen molar-refractivity contribution in [3.05, 3.63) is 35.4 Å². The number of phenols is 4. The van der Waals surface area contributed by atoms with Gasteiger partial charge >= 0.3 is 0 Å². The van der Waals surface area contributed by atoms with Crippen molar-refractivity contribution in [2.45, 2.75) is 19.4 Å². The van der Waals surface area contributed by atoms with E-state index in [0.717, 1.165) is 0 Å². The molecule has 3 rings (SSSR count). The van der Waals surface area contributed by atoms with Gasteiger partial charge in [-0.05, 0) is 13.0 Å². The maximum absolute atomic E-state index is 12.4. The van der Waals surface area contributed by atoms with Crippen LogP contribution in [0.25, 0.3) is 0 Å². The Morgan fingerprint density at radius 1 is 1.17 bits per heavy atom. The molecule has 2 aromatic carbocycles. The smallest absolute Gasteiger partial charge is 0.204 e. The number of hydrogen-bond acceptors (Lipinski definition) is 7. The van der Waals surface area contributed by atoms with E-state index < -0.39 is 17.6 Å². The van der Waals surface area contributed by atoms with E-state index >= 15 is 0 Å². The molecular weight excluding hydrogens is 316 g/mol. The highest BCUT2D eigenvalue weighted by atomic mass is 16.5. The number of aromatic hydroxyl groups is 4. The number of ether oxygens (including phenoxy) is 2. The molecule has 0 fully saturated rings. The summed E-state index contributed by atoms with van der Waals surface area (Å²) in [6.45, 7) is 1.88. The lowest BCUT2D eigenvalue weighted by molar-refractivity contribution is 0.0839. The van der Waals surface area contributed by atoms with Crippen molar-refractivity contribution in [3.8, 4) is 34.5 Å². The minimum Gasteiger partial charge on any atom is -0.504 e. The first-order valence-electron chi connectivity index (χ1n) is 7.36. The van der Waals surface area contributed by atoms with Gasteiger partial charge in [-0.2, -0.15) is 0 Å². The first kappa shape index (κ1) is 15.8. The fourth-order valence-corrected chi connectivity index (χ4v) is 2.71. The zero-order valence-corrected chi connectivity index (χ0v) is 12.8. The summed E-state index contributed by atoms with van der Waals surface area (Å²) in [5.41, 5.74) is 0.161. The van der Waals surface area contributed by atoms with Crippen LogP contribution in [-0.4, -0.2) is 32.8 Å². The van der Waals surface area contributed by atoms with Gasteiger partial charge in [-0.3, -0.25) is 4.79 Å². The summed E-state index contributed by atoms with van der Waals surface area (Å²) in [5, 5.41) is 39.7. The van der Waals surface area contributed by atoms with E-state index in [9.17, 15) is 25.2 Å². The molecule has 1 aliphatic heterocycles. The second kappa shape index (κ2) is 5.84. The predicted octanol–water partition coefficient (Wildman–Crippen LogP) is 2.61. The number of para-hydroxylation sites is 1. The summed E-state index contributed by atoms with van der Waals surface area (Å²) in [7, 11) is 0. The highest BCUT2D eigenvalue weighted by Gasteiger charge is 2.34. The summed E-state index contributed by atoms with van der Waals surface area (Å²) in [5.74, 6) is -2.16. The zero-order valence-electron chi connectivity index (χ0n) is 12.8. The quantitative estimate of drug-likeness (QED) is 0.638. The maximum atomic E-state index is 12.4. The van der Waals surface area contributed by atoms with Crippen LogP contribution < -0.4 is 9.47 Å². The number of benzene rings is 2. The zero-order chi connectivity index (χ0) is 17.4. The number of ketones is 1. The molecule has 0 amide bonds. The Morgan fingerprint density at radius 3 is 2.62 bits per heavy atom. The van der Waals surface area contributed by atoms with Crippen LogP contribution >= 0.6 is 0 Å². The fraction of sp³-hybridized carbons (Fsp3) is 0.235. The minimum atomic E-state index is -0.853. The highest BCUT2D eigenvalue weighted by Crippen LogP contribution is 2.49. The SMILES string of the molecule is CCOc1c(O)cc2c(c1O)C(=O)CC(c1cccc(O)c1O)O2. The third-order valence-corrected chi connectivity index (χ3v) is 3.80. The number of fused-ring (bicyclic) bond motifs is 1. The number of carbonyl (C=O) groups excluding carboxylic acids is 1. The number of rotatable bonds is 3. The predicted molar refractivity (Wildman–Crippen MR) is 83.0 cm³/mol. The van der Waals surface area contributed by atoms with Gasteiger partial charge in [-0.1, -0.05) is 12.1 Å². The maximum Gasteiger partial charge on any atom is 0.204 e. The summed E-state index contributed by atoms with van der Waals surface area (Å²) >= 11 is 0. The van der Waals surface area contributed by atoms with Gasteiger partial charge in [-0.15, -0.1) is 0 Å². The van der Waals surface area contributed by atoms with Gasteiger partial charge in [0.2, 0.25) is 5.75 Å². The third-order valence-electron chi connectivity index (χ3n) is 3.80. The molecular formula is C17H16O7. The lowest BCUT2D eigenvalue weighted by atomic mass is 9.94. The molecule has 7 nitrogen and oxygen atoms in total. The van der Waals surface area contributed by atoms with Crippen molar-refractivity contribution in [2.75, 3.05) is 6.61 Å². The van der Waals surface area contributed by atoms with E-state index in [0.29, 0.717) is 0 Å². The minimum absolute atomic E-state index is 0.0163. The van der Waals surface area contributed by atoms with Crippen LogP contribution in [0.2, 0.25) is 0 Å². The molecule has 0 spiro atoms. The van der Waals surface area contributed by atoms with Crippen LogP contribution in [0.1, 0.15) is 35.4 Å². The van der Waals surface area contributed by atoms with Gasteiger partial charge < -0.3 is 29.9 Å². The van der Waals surface area contributed by atoms with Gasteiger partial charge in [-0.25, -0.2) is 0 Å². The standard InChI is InChI=1S/C17H16O7/c1-2-23-17-11(20)7-13-14(16(17)22)10(19)6-12(24-13)8-4-3-5-9(18)15(8)21/h3-5,7,12,18,20-22H,2,6H2,1H3. The van der Waals surface area contributed by atoms with Crippen molar-refractivity contribution in [3.63, 3.8) is 0 Å². The molecule has 0 bridgehead atoms. The van der Waals surface area contributed by atoms with E-state index in [4.69, 9.17) is 9.47 Å². The largest absolute Gasteiger partial charge is 0.504 e. The van der Waals surface area contributed by atoms with Crippen LogP contribution in [0.5, 0.6) is 34.5 Å². The molecule has 0 saturated carbocycles. The van der Waals surface area contributed by atoms with Crippen molar-refractivity contribution >= 4 is 5.78 Å². The molecule has 1 unspecified atom stereocenters. The average Bonchev–Trinajstić information content (AvgIpc) is 2.53. The molecule has 1 atom stereocenters. The number of phenolic OH excluding ortho intramolecular Hbond substituents is 4. The summed E-state index contributed by atoms with van der Waals surface area (Å²) < 4.78 is 10.8. The monoisotopic (exact) mass is 332 g/mol. The Morgan fingerprint density at radius 2 is 1.92 bits per heavy atom. The molecule has 0 radical (unpaired) electrons. The number of carbonyl (C=O) groups is 1. The first-order chi connectivity index (χ1) is 11.4. The summed E-state index contributed by atoms with van der Waals surface area (Å²) in [4.78, 5) is 12.4. The van der Waals surface area contributed by atoms with Crippen LogP contribution in [-0.2, 0) is 0 Å². The van der Waals surface area contributed by atoms with E-state index in [1.165, 1.54) is 24.3 Å². The molecule has 2 aromatic rings. The topological polar surface area (TPSA) is 116 Å². The van der Waals surface area contributed by atoms with E-state index in [-0.39, 0.29) is 52.9 Å². The number of hydrogen-bond donors (Lipinski definition) is 4. The Kier molecular flexibility index (Phi) is 3.84. The fourth-order valence-electron chi connectivity index (χ4n) is 2.71. The normalized spacial score (nSPS) is 16.4. The van der Waals surface area contributed by atoms with Crippen LogP contribution in [0, 0.1) is 0 Å². The lowest BCUT2D eigenvalue weighted by Crippen LogP contribution is -2.21. The average molecular weight is 332 g/mol. The molecule has 1 aliphatic rings. The molecule has 0 saturated heterocycles. The molecule has 1 heterocycles. The van der Waals surface area contributed by atoms with Crippen LogP contribution in [0.3, 0.4) is 0 Å². The lowest BCUT2D eigenvalue weighted by Gasteiger charge is -2.27. The second-order valence-electron chi connectivity index (χ2n) is 5.33. The molecule has 7 heteroatoms. The van der Waals surface area contributed by atoms with Gasteiger partial charge in [0.15, 0.2) is 28.8 Å². The summed E-state index contributed by atoms with van der Waals surface area (Å²) in [6, 6.07) is 5.53. The Balaban J connectivity index is 2.05. The third kappa shape index (κ3) is 2.44. The Hall–Kier alpha value is -3.09. The van der Waals surface area contributed by atoms with Gasteiger partial charge in [0, 0.05) is 11.6 Å². The van der Waals surface area contributed by atoms with Crippen LogP contribution in [0.4, 0.5) is 0 Å². The second-order valence-corrected chi connectivity index (χ2v) is 5.33. The molecule has 0 aliphatic carbocycles. The van der Waals surface area contributed by atoms with Gasteiger partial charge in [0.1, 0.15) is 17.4 Å². The van der Waals surface area contributed by atoms with Crippen molar-refractivity contribution in [1.82, 2.24) is 0 Å². The van der Waals surface area contributed by atoms with Gasteiger partial charge in [0.25, 0.3) is 0 Å².